The van der Waals surface area contributed by atoms with Crippen molar-refractivity contribution in [1.82, 2.24) is 4.31 Å². The monoisotopic (exact) mass is 467 g/mol. The standard InChI is InChI=1S/C22H27ClFN3O3S/c1-3-26(4-2)18-7-5-17(6-8-18)25-22(28)16-11-13-27(14-12-16)31(29,30)19-9-10-21(24)20(23)15-19/h5-10,15-16H,3-4,11-14H2,1-2H3,(H,25,28). The molecule has 6 nitrogen and oxygen atoms in total. The van der Waals surface area contributed by atoms with Gasteiger partial charge < -0.3 is 10.2 Å². The van der Waals surface area contributed by atoms with E-state index in [4.69, 9.17) is 11.6 Å². The number of halogens is 2. The van der Waals surface area contributed by atoms with Crippen LogP contribution in [0.15, 0.2) is 47.4 Å². The van der Waals surface area contributed by atoms with Crippen LogP contribution in [0.25, 0.3) is 0 Å². The molecule has 31 heavy (non-hydrogen) atoms. The smallest absolute Gasteiger partial charge is 0.243 e. The summed E-state index contributed by atoms with van der Waals surface area (Å²) in [6, 6.07) is 11.1. The number of nitrogens with zero attached hydrogens (tertiary/aromatic N) is 2. The van der Waals surface area contributed by atoms with Gasteiger partial charge in [0, 0.05) is 43.5 Å². The fourth-order valence-electron chi connectivity index (χ4n) is 3.73. The molecular weight excluding hydrogens is 441 g/mol. The number of carbonyl (C=O) groups excluding carboxylic acids is 1. The van der Waals surface area contributed by atoms with E-state index >= 15 is 0 Å². The molecule has 0 aliphatic carbocycles. The molecule has 0 saturated carbocycles. The normalized spacial score (nSPS) is 15.6. The second-order valence-corrected chi connectivity index (χ2v) is 9.81. The molecule has 1 saturated heterocycles. The van der Waals surface area contributed by atoms with Crippen LogP contribution < -0.4 is 10.2 Å². The Hall–Kier alpha value is -2.16. The van der Waals surface area contributed by atoms with Crippen molar-refractivity contribution in [1.29, 1.82) is 0 Å². The molecule has 1 fully saturated rings. The van der Waals surface area contributed by atoms with Crippen molar-refractivity contribution >= 4 is 38.9 Å². The Morgan fingerprint density at radius 3 is 2.29 bits per heavy atom. The van der Waals surface area contributed by atoms with Gasteiger partial charge in [-0.15, -0.1) is 0 Å². The maximum Gasteiger partial charge on any atom is 0.243 e. The van der Waals surface area contributed by atoms with E-state index in [-0.39, 0.29) is 34.8 Å². The van der Waals surface area contributed by atoms with Gasteiger partial charge in [-0.25, -0.2) is 12.8 Å². The Morgan fingerprint density at radius 2 is 1.74 bits per heavy atom. The van der Waals surface area contributed by atoms with Gasteiger partial charge in [-0.3, -0.25) is 4.79 Å². The van der Waals surface area contributed by atoms with Gasteiger partial charge in [0.25, 0.3) is 0 Å². The van der Waals surface area contributed by atoms with Crippen molar-refractivity contribution < 1.29 is 17.6 Å². The number of benzene rings is 2. The number of carbonyl (C=O) groups is 1. The van der Waals surface area contributed by atoms with Gasteiger partial charge in [-0.1, -0.05) is 11.6 Å². The lowest BCUT2D eigenvalue weighted by atomic mass is 9.97. The molecule has 0 radical (unpaired) electrons. The quantitative estimate of drug-likeness (QED) is 0.656. The summed E-state index contributed by atoms with van der Waals surface area (Å²) in [6.07, 6.45) is 0.828. The molecule has 1 amide bonds. The van der Waals surface area contributed by atoms with Crippen molar-refractivity contribution in [2.45, 2.75) is 31.6 Å². The lowest BCUT2D eigenvalue weighted by Gasteiger charge is -2.30. The summed E-state index contributed by atoms with van der Waals surface area (Å²) in [6.45, 7) is 6.45. The molecule has 168 valence electrons. The second kappa shape index (κ2) is 9.97. The molecule has 0 aromatic heterocycles. The Morgan fingerprint density at radius 1 is 1.13 bits per heavy atom. The van der Waals surface area contributed by atoms with Crippen LogP contribution in [0.2, 0.25) is 5.02 Å². The first-order valence-corrected chi connectivity index (χ1v) is 12.2. The average Bonchev–Trinajstić information content (AvgIpc) is 2.77. The van der Waals surface area contributed by atoms with Crippen LogP contribution in [-0.4, -0.2) is 44.8 Å². The summed E-state index contributed by atoms with van der Waals surface area (Å²) in [5.41, 5.74) is 1.82. The lowest BCUT2D eigenvalue weighted by Crippen LogP contribution is -2.41. The predicted octanol–water partition coefficient (Wildman–Crippen LogP) is 4.36. The Balaban J connectivity index is 1.59. The van der Waals surface area contributed by atoms with E-state index < -0.39 is 15.8 Å². The number of hydrogen-bond donors (Lipinski definition) is 1. The van der Waals surface area contributed by atoms with Gasteiger partial charge >= 0.3 is 0 Å². The zero-order chi connectivity index (χ0) is 22.6. The van der Waals surface area contributed by atoms with Crippen LogP contribution in [0, 0.1) is 11.7 Å². The van der Waals surface area contributed by atoms with Crippen LogP contribution in [0.4, 0.5) is 15.8 Å². The van der Waals surface area contributed by atoms with Gasteiger partial charge in [-0.05, 0) is 69.2 Å². The van der Waals surface area contributed by atoms with Crippen LogP contribution in [-0.2, 0) is 14.8 Å². The zero-order valence-corrected chi connectivity index (χ0v) is 19.2. The maximum atomic E-state index is 13.4. The zero-order valence-electron chi connectivity index (χ0n) is 17.6. The lowest BCUT2D eigenvalue weighted by molar-refractivity contribution is -0.120. The third-order valence-corrected chi connectivity index (χ3v) is 7.80. The summed E-state index contributed by atoms with van der Waals surface area (Å²) >= 11 is 5.73. The molecule has 2 aromatic rings. The first kappa shape index (κ1) is 23.5. The average molecular weight is 468 g/mol. The van der Waals surface area contributed by atoms with Gasteiger partial charge in [-0.2, -0.15) is 4.31 Å². The fraction of sp³-hybridized carbons (Fsp3) is 0.409. The Bertz CT molecular complexity index is 1020. The highest BCUT2D eigenvalue weighted by Gasteiger charge is 2.32. The number of piperidine rings is 1. The number of anilines is 2. The molecule has 1 N–H and O–H groups in total. The van der Waals surface area contributed by atoms with Crippen molar-refractivity contribution in [2.75, 3.05) is 36.4 Å². The molecular formula is C22H27ClFN3O3S. The molecule has 2 aromatic carbocycles. The van der Waals surface area contributed by atoms with Crippen LogP contribution in [0.5, 0.6) is 0 Å². The molecule has 0 spiro atoms. The van der Waals surface area contributed by atoms with E-state index in [9.17, 15) is 17.6 Å². The molecule has 0 unspecified atom stereocenters. The van der Waals surface area contributed by atoms with Gasteiger partial charge in [0.05, 0.1) is 9.92 Å². The molecule has 1 aliphatic heterocycles. The Labute approximate surface area is 188 Å². The minimum atomic E-state index is -3.78. The summed E-state index contributed by atoms with van der Waals surface area (Å²) < 4.78 is 40.3. The minimum Gasteiger partial charge on any atom is -0.372 e. The van der Waals surface area contributed by atoms with Crippen LogP contribution >= 0.6 is 11.6 Å². The number of amides is 1. The number of rotatable bonds is 7. The van der Waals surface area contributed by atoms with Crippen molar-refractivity contribution in [3.8, 4) is 0 Å². The van der Waals surface area contributed by atoms with Gasteiger partial charge in [0.1, 0.15) is 5.82 Å². The maximum absolute atomic E-state index is 13.4. The molecule has 9 heteroatoms. The SMILES string of the molecule is CCN(CC)c1ccc(NC(=O)C2CCN(S(=O)(=O)c3ccc(F)c(Cl)c3)CC2)cc1. The van der Waals surface area contributed by atoms with Crippen molar-refractivity contribution in [2.24, 2.45) is 5.92 Å². The largest absolute Gasteiger partial charge is 0.372 e. The molecule has 1 aliphatic rings. The van der Waals surface area contributed by atoms with Crippen molar-refractivity contribution in [3.63, 3.8) is 0 Å². The van der Waals surface area contributed by atoms with Crippen LogP contribution in [0.3, 0.4) is 0 Å². The summed E-state index contributed by atoms with van der Waals surface area (Å²) in [7, 11) is -3.78. The van der Waals surface area contributed by atoms with E-state index in [1.54, 1.807) is 0 Å². The van der Waals surface area contributed by atoms with E-state index in [1.165, 1.54) is 10.4 Å². The molecule has 0 bridgehead atoms. The van der Waals surface area contributed by atoms with Gasteiger partial charge in [0.2, 0.25) is 15.9 Å². The third kappa shape index (κ3) is 5.37. The minimum absolute atomic E-state index is 0.0462. The number of sulfonamides is 1. The highest BCUT2D eigenvalue weighted by molar-refractivity contribution is 7.89. The van der Waals surface area contributed by atoms with Crippen LogP contribution in [0.1, 0.15) is 26.7 Å². The van der Waals surface area contributed by atoms with Gasteiger partial charge in [0.15, 0.2) is 0 Å². The molecule has 1 heterocycles. The highest BCUT2D eigenvalue weighted by Crippen LogP contribution is 2.27. The topological polar surface area (TPSA) is 69.7 Å². The summed E-state index contributed by atoms with van der Waals surface area (Å²) in [5.74, 6) is -1.05. The first-order chi connectivity index (χ1) is 14.8. The first-order valence-electron chi connectivity index (χ1n) is 10.4. The molecule has 3 rings (SSSR count). The highest BCUT2D eigenvalue weighted by atomic mass is 35.5. The number of hydrogen-bond acceptors (Lipinski definition) is 4. The fourth-order valence-corrected chi connectivity index (χ4v) is 5.48. The van der Waals surface area contributed by atoms with Crippen molar-refractivity contribution in [3.05, 3.63) is 53.3 Å². The van der Waals surface area contributed by atoms with E-state index in [1.807, 2.05) is 24.3 Å². The third-order valence-electron chi connectivity index (χ3n) is 5.62. The van der Waals surface area contributed by atoms with E-state index in [0.717, 1.165) is 36.6 Å². The van der Waals surface area contributed by atoms with E-state index in [0.29, 0.717) is 12.8 Å². The second-order valence-electron chi connectivity index (χ2n) is 7.46. The predicted molar refractivity (Wildman–Crippen MR) is 122 cm³/mol. The summed E-state index contributed by atoms with van der Waals surface area (Å²) in [5, 5.41) is 2.69. The Kier molecular flexibility index (Phi) is 7.56. The number of nitrogens with one attached hydrogen (secondary N) is 1. The van der Waals surface area contributed by atoms with E-state index in [2.05, 4.69) is 24.1 Å². The molecule has 0 atom stereocenters. The summed E-state index contributed by atoms with van der Waals surface area (Å²) in [4.78, 5) is 14.8.